The van der Waals surface area contributed by atoms with Crippen LogP contribution < -0.4 is 5.32 Å². The number of anilines is 1. The molecule has 0 radical (unpaired) electrons. The van der Waals surface area contributed by atoms with E-state index in [0.29, 0.717) is 36.0 Å². The number of pyridine rings is 1. The zero-order chi connectivity index (χ0) is 23.7. The summed E-state index contributed by atoms with van der Waals surface area (Å²) in [6.45, 7) is 5.83. The van der Waals surface area contributed by atoms with Crippen molar-refractivity contribution in [2.45, 2.75) is 64.8 Å². The topological polar surface area (TPSA) is 80.8 Å². The fraction of sp³-hybridized carbons (Fsp3) is 0.682. The Morgan fingerprint density at radius 1 is 1.28 bits per heavy atom. The highest BCUT2D eigenvalue weighted by atomic mass is 19.4. The van der Waals surface area contributed by atoms with E-state index in [2.05, 4.69) is 10.3 Å². The Labute approximate surface area is 185 Å². The van der Waals surface area contributed by atoms with Gasteiger partial charge >= 0.3 is 12.3 Å². The van der Waals surface area contributed by atoms with Crippen LogP contribution in [-0.4, -0.2) is 53.4 Å². The minimum Gasteiger partial charge on any atom is -0.444 e. The van der Waals surface area contributed by atoms with Crippen molar-refractivity contribution in [2.24, 2.45) is 11.8 Å². The fourth-order valence-electron chi connectivity index (χ4n) is 3.67. The number of hydrogen-bond acceptors (Lipinski definition) is 5. The Kier molecular flexibility index (Phi) is 7.02. The predicted molar refractivity (Wildman–Crippen MR) is 111 cm³/mol. The SMILES string of the molecule is C[C@@H]1CC1C(=O)Nc1ccc(C2CCOC2)c(CN(CC(F)(F)F)C(=O)OC(C)(C)C)n1. The van der Waals surface area contributed by atoms with E-state index in [0.717, 1.165) is 6.42 Å². The van der Waals surface area contributed by atoms with Crippen molar-refractivity contribution >= 4 is 17.8 Å². The molecular weight excluding hydrogens is 427 g/mol. The second-order valence-corrected chi connectivity index (χ2v) is 9.55. The highest BCUT2D eigenvalue weighted by Crippen LogP contribution is 2.38. The number of nitrogens with one attached hydrogen (secondary N) is 1. The predicted octanol–water partition coefficient (Wildman–Crippen LogP) is 4.48. The van der Waals surface area contributed by atoms with Gasteiger partial charge in [-0.05, 0) is 51.2 Å². The van der Waals surface area contributed by atoms with Gasteiger partial charge in [0.15, 0.2) is 0 Å². The average Bonchev–Trinajstić information content (AvgIpc) is 3.14. The highest BCUT2D eigenvalue weighted by Gasteiger charge is 2.39. The summed E-state index contributed by atoms with van der Waals surface area (Å²) in [5, 5.41) is 2.74. The lowest BCUT2D eigenvalue weighted by Gasteiger charge is -2.29. The Morgan fingerprint density at radius 2 is 1.97 bits per heavy atom. The number of nitrogens with zero attached hydrogens (tertiary/aromatic N) is 2. The highest BCUT2D eigenvalue weighted by molar-refractivity contribution is 5.93. The molecule has 3 atom stereocenters. The molecule has 2 heterocycles. The molecule has 178 valence electrons. The van der Waals surface area contributed by atoms with Crippen molar-refractivity contribution in [3.8, 4) is 0 Å². The third-order valence-electron chi connectivity index (χ3n) is 5.44. The Balaban J connectivity index is 1.88. The van der Waals surface area contributed by atoms with Gasteiger partial charge in [0.2, 0.25) is 5.91 Å². The number of carbonyl (C=O) groups excluding carboxylic acids is 2. The molecule has 2 unspecified atom stereocenters. The molecule has 1 aliphatic heterocycles. The number of halogens is 3. The fourth-order valence-corrected chi connectivity index (χ4v) is 3.67. The van der Waals surface area contributed by atoms with E-state index in [4.69, 9.17) is 9.47 Å². The summed E-state index contributed by atoms with van der Waals surface area (Å²) >= 11 is 0. The molecular formula is C22H30F3N3O4. The molecule has 2 fully saturated rings. The summed E-state index contributed by atoms with van der Waals surface area (Å²) in [6.07, 6.45) is -4.19. The lowest BCUT2D eigenvalue weighted by molar-refractivity contribution is -0.145. The van der Waals surface area contributed by atoms with Gasteiger partial charge in [-0.3, -0.25) is 9.69 Å². The summed E-state index contributed by atoms with van der Waals surface area (Å²) in [6, 6.07) is 3.39. The maximum atomic E-state index is 13.2. The van der Waals surface area contributed by atoms with Crippen LogP contribution in [0.3, 0.4) is 0 Å². The summed E-state index contributed by atoms with van der Waals surface area (Å²) < 4.78 is 50.3. The maximum absolute atomic E-state index is 13.2. The van der Waals surface area contributed by atoms with Gasteiger partial charge in [0, 0.05) is 18.4 Å². The van der Waals surface area contributed by atoms with Crippen LogP contribution in [0.4, 0.5) is 23.8 Å². The average molecular weight is 457 g/mol. The molecule has 2 aliphatic rings. The summed E-state index contributed by atoms with van der Waals surface area (Å²) in [5.41, 5.74) is 0.0426. The van der Waals surface area contributed by atoms with Crippen molar-refractivity contribution in [3.63, 3.8) is 0 Å². The van der Waals surface area contributed by atoms with Crippen LogP contribution in [0.15, 0.2) is 12.1 Å². The number of aromatic nitrogens is 1. The molecule has 1 aromatic heterocycles. The van der Waals surface area contributed by atoms with Crippen LogP contribution in [0.25, 0.3) is 0 Å². The van der Waals surface area contributed by atoms with E-state index in [1.54, 1.807) is 32.9 Å². The smallest absolute Gasteiger partial charge is 0.410 e. The van der Waals surface area contributed by atoms with Gasteiger partial charge in [0.05, 0.1) is 18.8 Å². The van der Waals surface area contributed by atoms with E-state index in [9.17, 15) is 22.8 Å². The van der Waals surface area contributed by atoms with Crippen molar-refractivity contribution < 1.29 is 32.2 Å². The molecule has 3 rings (SSSR count). The van der Waals surface area contributed by atoms with E-state index >= 15 is 0 Å². The first kappa shape index (κ1) is 24.3. The van der Waals surface area contributed by atoms with Gasteiger partial charge < -0.3 is 14.8 Å². The van der Waals surface area contributed by atoms with Crippen LogP contribution in [0.1, 0.15) is 57.7 Å². The molecule has 1 N–H and O–H groups in total. The lowest BCUT2D eigenvalue weighted by atomic mass is 9.96. The van der Waals surface area contributed by atoms with Crippen LogP contribution in [0.2, 0.25) is 0 Å². The largest absolute Gasteiger partial charge is 0.444 e. The number of hydrogen-bond donors (Lipinski definition) is 1. The zero-order valence-corrected chi connectivity index (χ0v) is 18.8. The molecule has 1 aliphatic carbocycles. The third kappa shape index (κ3) is 6.82. The van der Waals surface area contributed by atoms with Crippen LogP contribution in [-0.2, 0) is 20.8 Å². The first-order valence-corrected chi connectivity index (χ1v) is 10.8. The first-order valence-electron chi connectivity index (χ1n) is 10.8. The molecule has 2 amide bonds. The number of rotatable bonds is 6. The maximum Gasteiger partial charge on any atom is 0.410 e. The van der Waals surface area contributed by atoms with Crippen molar-refractivity contribution in [2.75, 3.05) is 25.1 Å². The number of ether oxygens (including phenoxy) is 2. The van der Waals surface area contributed by atoms with Gasteiger partial charge in [-0.15, -0.1) is 0 Å². The molecule has 32 heavy (non-hydrogen) atoms. The van der Waals surface area contributed by atoms with Gasteiger partial charge in [-0.25, -0.2) is 9.78 Å². The Morgan fingerprint density at radius 3 is 2.50 bits per heavy atom. The number of amides is 2. The molecule has 7 nitrogen and oxygen atoms in total. The second kappa shape index (κ2) is 9.25. The molecule has 1 saturated carbocycles. The summed E-state index contributed by atoms with van der Waals surface area (Å²) in [5.74, 6) is 0.276. The normalized spacial score (nSPS) is 23.0. The minimum atomic E-state index is -4.61. The summed E-state index contributed by atoms with van der Waals surface area (Å²) in [7, 11) is 0. The Bertz CT molecular complexity index is 848. The van der Waals surface area contributed by atoms with E-state index in [1.165, 1.54) is 0 Å². The Hall–Kier alpha value is -2.36. The quantitative estimate of drug-likeness (QED) is 0.681. The monoisotopic (exact) mass is 457 g/mol. The summed E-state index contributed by atoms with van der Waals surface area (Å²) in [4.78, 5) is 29.9. The van der Waals surface area contributed by atoms with Gasteiger partial charge in [0.1, 0.15) is 18.0 Å². The van der Waals surface area contributed by atoms with Crippen molar-refractivity contribution in [1.82, 2.24) is 9.88 Å². The molecule has 0 aromatic carbocycles. The molecule has 10 heteroatoms. The van der Waals surface area contributed by atoms with Gasteiger partial charge in [-0.2, -0.15) is 13.2 Å². The molecule has 0 bridgehead atoms. The van der Waals surface area contributed by atoms with Gasteiger partial charge in [-0.1, -0.05) is 13.0 Å². The third-order valence-corrected chi connectivity index (χ3v) is 5.44. The molecule has 0 spiro atoms. The van der Waals surface area contributed by atoms with E-state index in [-0.39, 0.29) is 29.3 Å². The zero-order valence-electron chi connectivity index (χ0n) is 18.8. The van der Waals surface area contributed by atoms with Crippen molar-refractivity contribution in [3.05, 3.63) is 23.4 Å². The molecule has 1 aromatic rings. The number of alkyl halides is 3. The standard InChI is InChI=1S/C22H30F3N3O4/c1-13-9-16(13)19(29)27-18-6-5-15(14-7-8-31-11-14)17(26-18)10-28(12-22(23,24)25)20(30)32-21(2,3)4/h5-6,13-14,16H,7-12H2,1-4H3,(H,26,27,29)/t13-,14?,16?/m1/s1. The van der Waals surface area contributed by atoms with Crippen molar-refractivity contribution in [1.29, 1.82) is 0 Å². The van der Waals surface area contributed by atoms with Crippen LogP contribution >= 0.6 is 0 Å². The van der Waals surface area contributed by atoms with Crippen LogP contribution in [0.5, 0.6) is 0 Å². The molecule has 1 saturated heterocycles. The van der Waals surface area contributed by atoms with Crippen LogP contribution in [0, 0.1) is 11.8 Å². The second-order valence-electron chi connectivity index (χ2n) is 9.55. The van der Waals surface area contributed by atoms with E-state index < -0.39 is 31.0 Å². The number of carbonyl (C=O) groups is 2. The van der Waals surface area contributed by atoms with E-state index in [1.807, 2.05) is 6.92 Å². The van der Waals surface area contributed by atoms with Gasteiger partial charge in [0.25, 0.3) is 0 Å². The lowest BCUT2D eigenvalue weighted by Crippen LogP contribution is -2.42. The minimum absolute atomic E-state index is 0.0444. The first-order chi connectivity index (χ1) is 14.8.